The monoisotopic (exact) mass is 453 g/mol. The smallest absolute Gasteiger partial charge is 0.257 e. The van der Waals surface area contributed by atoms with Crippen molar-refractivity contribution >= 4 is 46.4 Å². The van der Waals surface area contributed by atoms with Crippen molar-refractivity contribution in [1.29, 1.82) is 0 Å². The quantitative estimate of drug-likeness (QED) is 0.589. The third-order valence-corrected chi connectivity index (χ3v) is 5.82. The fourth-order valence-corrected chi connectivity index (χ4v) is 4.01. The third-order valence-electron chi connectivity index (χ3n) is 5.25. The number of carbonyl (C=O) groups is 2. The highest BCUT2D eigenvalue weighted by atomic mass is 35.5. The molecule has 3 aromatic carbocycles. The Morgan fingerprint density at radius 2 is 1.48 bits per heavy atom. The fourth-order valence-electron chi connectivity index (χ4n) is 3.63. The van der Waals surface area contributed by atoms with Gasteiger partial charge >= 0.3 is 0 Å². The second-order valence-electron chi connectivity index (χ2n) is 7.24. The molecule has 0 bridgehead atoms. The lowest BCUT2D eigenvalue weighted by Crippen LogP contribution is -2.49. The maximum Gasteiger partial charge on any atom is 0.257 e. The van der Waals surface area contributed by atoms with E-state index in [4.69, 9.17) is 23.2 Å². The summed E-state index contributed by atoms with van der Waals surface area (Å²) in [5.74, 6) is -0.282. The van der Waals surface area contributed by atoms with Gasteiger partial charge in [-0.15, -0.1) is 0 Å². The topological polar surface area (TPSA) is 52.7 Å². The van der Waals surface area contributed by atoms with Crippen molar-refractivity contribution in [3.8, 4) is 0 Å². The molecular weight excluding hydrogens is 433 g/mol. The van der Waals surface area contributed by atoms with Crippen LogP contribution in [0.4, 0.5) is 11.4 Å². The number of halogens is 2. The lowest BCUT2D eigenvalue weighted by Gasteiger charge is -2.37. The van der Waals surface area contributed by atoms with Crippen LogP contribution in [0.1, 0.15) is 20.7 Å². The summed E-state index contributed by atoms with van der Waals surface area (Å²) in [6.07, 6.45) is 0. The standard InChI is InChI=1S/C24H21Cl2N3O2/c25-18-10-11-20(26)19(16-18)23(30)27-21-8-4-5-9-22(21)28-12-14-29(15-13-28)24(31)17-6-2-1-3-7-17/h1-11,16H,12-15H2,(H,27,30). The van der Waals surface area contributed by atoms with Gasteiger partial charge in [0.25, 0.3) is 11.8 Å². The normalized spacial score (nSPS) is 13.7. The van der Waals surface area contributed by atoms with Gasteiger partial charge in [-0.25, -0.2) is 0 Å². The molecule has 1 heterocycles. The Bertz CT molecular complexity index is 1100. The van der Waals surface area contributed by atoms with Crippen LogP contribution in [0.15, 0.2) is 72.8 Å². The van der Waals surface area contributed by atoms with Gasteiger partial charge in [0.15, 0.2) is 0 Å². The molecule has 0 aliphatic carbocycles. The molecule has 7 heteroatoms. The third kappa shape index (κ3) is 4.84. The minimum atomic E-state index is -0.321. The van der Waals surface area contributed by atoms with Gasteiger partial charge in [-0.2, -0.15) is 0 Å². The Morgan fingerprint density at radius 3 is 2.23 bits per heavy atom. The van der Waals surface area contributed by atoms with Crippen LogP contribution < -0.4 is 10.2 Å². The van der Waals surface area contributed by atoms with Crippen LogP contribution in [0.2, 0.25) is 10.0 Å². The lowest BCUT2D eigenvalue weighted by atomic mass is 10.1. The first kappa shape index (κ1) is 21.2. The molecule has 0 atom stereocenters. The van der Waals surface area contributed by atoms with Gasteiger partial charge in [-0.1, -0.05) is 53.5 Å². The van der Waals surface area contributed by atoms with Gasteiger partial charge < -0.3 is 15.1 Å². The van der Waals surface area contributed by atoms with Crippen molar-refractivity contribution in [2.45, 2.75) is 0 Å². The van der Waals surface area contributed by atoms with E-state index in [-0.39, 0.29) is 11.8 Å². The summed E-state index contributed by atoms with van der Waals surface area (Å²) in [7, 11) is 0. The number of hydrogen-bond acceptors (Lipinski definition) is 3. The van der Waals surface area contributed by atoms with E-state index >= 15 is 0 Å². The Morgan fingerprint density at radius 1 is 0.806 bits per heavy atom. The molecular formula is C24H21Cl2N3O2. The second kappa shape index (κ2) is 9.41. The van der Waals surface area contributed by atoms with Crippen molar-refractivity contribution < 1.29 is 9.59 Å². The molecule has 1 fully saturated rings. The molecule has 5 nitrogen and oxygen atoms in total. The molecule has 31 heavy (non-hydrogen) atoms. The molecule has 0 spiro atoms. The average Bonchev–Trinajstić information content (AvgIpc) is 2.81. The summed E-state index contributed by atoms with van der Waals surface area (Å²) in [5.41, 5.74) is 2.61. The minimum Gasteiger partial charge on any atom is -0.366 e. The van der Waals surface area contributed by atoms with Crippen molar-refractivity contribution in [2.75, 3.05) is 36.4 Å². The van der Waals surface area contributed by atoms with Gasteiger partial charge in [0.05, 0.1) is 22.0 Å². The maximum atomic E-state index is 12.8. The molecule has 1 aliphatic heterocycles. The molecule has 4 rings (SSSR count). The van der Waals surface area contributed by atoms with Crippen LogP contribution in [0.3, 0.4) is 0 Å². The van der Waals surface area contributed by atoms with Crippen molar-refractivity contribution in [3.05, 3.63) is 94.0 Å². The summed E-state index contributed by atoms with van der Waals surface area (Å²) in [4.78, 5) is 29.5. The summed E-state index contributed by atoms with van der Waals surface area (Å²) < 4.78 is 0. The zero-order valence-corrected chi connectivity index (χ0v) is 18.2. The number of amides is 2. The Hall–Kier alpha value is -3.02. The predicted molar refractivity (Wildman–Crippen MR) is 125 cm³/mol. The van der Waals surface area contributed by atoms with E-state index in [1.807, 2.05) is 59.5 Å². The fraction of sp³-hybridized carbons (Fsp3) is 0.167. The van der Waals surface area contributed by atoms with Crippen LogP contribution in [0.5, 0.6) is 0 Å². The second-order valence-corrected chi connectivity index (χ2v) is 8.08. The van der Waals surface area contributed by atoms with Crippen LogP contribution in [0, 0.1) is 0 Å². The number of para-hydroxylation sites is 2. The molecule has 0 radical (unpaired) electrons. The van der Waals surface area contributed by atoms with E-state index in [1.54, 1.807) is 18.2 Å². The Balaban J connectivity index is 1.46. The first-order chi connectivity index (χ1) is 15.0. The van der Waals surface area contributed by atoms with Crippen LogP contribution >= 0.6 is 23.2 Å². The lowest BCUT2D eigenvalue weighted by molar-refractivity contribution is 0.0746. The summed E-state index contributed by atoms with van der Waals surface area (Å²) >= 11 is 12.2. The highest BCUT2D eigenvalue weighted by Crippen LogP contribution is 2.29. The van der Waals surface area contributed by atoms with E-state index in [2.05, 4.69) is 10.2 Å². The largest absolute Gasteiger partial charge is 0.366 e. The van der Waals surface area contributed by atoms with Crippen LogP contribution in [0.25, 0.3) is 0 Å². The number of nitrogens with zero attached hydrogens (tertiary/aromatic N) is 2. The summed E-state index contributed by atoms with van der Waals surface area (Å²) in [6, 6.07) is 21.7. The Labute approximate surface area is 191 Å². The number of anilines is 2. The van der Waals surface area contributed by atoms with Crippen molar-refractivity contribution in [3.63, 3.8) is 0 Å². The summed E-state index contributed by atoms with van der Waals surface area (Å²) in [6.45, 7) is 2.55. The van der Waals surface area contributed by atoms with Gasteiger partial charge in [0, 0.05) is 36.8 Å². The first-order valence-corrected chi connectivity index (χ1v) is 10.7. The minimum absolute atomic E-state index is 0.0393. The zero-order valence-electron chi connectivity index (χ0n) is 16.7. The van der Waals surface area contributed by atoms with Crippen LogP contribution in [-0.4, -0.2) is 42.9 Å². The SMILES string of the molecule is O=C(Nc1ccccc1N1CCN(C(=O)c2ccccc2)CC1)c1cc(Cl)ccc1Cl. The number of piperazine rings is 1. The van der Waals surface area contributed by atoms with Gasteiger partial charge in [0.1, 0.15) is 0 Å². The number of nitrogens with one attached hydrogen (secondary N) is 1. The van der Waals surface area contributed by atoms with E-state index < -0.39 is 0 Å². The highest BCUT2D eigenvalue weighted by Gasteiger charge is 2.24. The van der Waals surface area contributed by atoms with E-state index in [0.717, 1.165) is 5.69 Å². The average molecular weight is 454 g/mol. The molecule has 0 aromatic heterocycles. The highest BCUT2D eigenvalue weighted by molar-refractivity contribution is 6.36. The van der Waals surface area contributed by atoms with Crippen molar-refractivity contribution in [1.82, 2.24) is 4.90 Å². The van der Waals surface area contributed by atoms with Gasteiger partial charge in [-0.05, 0) is 42.5 Å². The first-order valence-electron chi connectivity index (χ1n) is 9.97. The van der Waals surface area contributed by atoms with E-state index in [1.165, 1.54) is 0 Å². The van der Waals surface area contributed by atoms with E-state index in [0.29, 0.717) is 53.0 Å². The van der Waals surface area contributed by atoms with Crippen LogP contribution in [-0.2, 0) is 0 Å². The summed E-state index contributed by atoms with van der Waals surface area (Å²) in [5, 5.41) is 3.73. The molecule has 158 valence electrons. The molecule has 3 aromatic rings. The zero-order chi connectivity index (χ0) is 21.8. The number of carbonyl (C=O) groups excluding carboxylic acids is 2. The molecule has 1 aliphatic rings. The Kier molecular flexibility index (Phi) is 6.44. The molecule has 1 N–H and O–H groups in total. The molecule has 0 unspecified atom stereocenters. The number of hydrogen-bond donors (Lipinski definition) is 1. The maximum absolute atomic E-state index is 12.8. The number of rotatable bonds is 4. The predicted octanol–water partition coefficient (Wildman–Crippen LogP) is 5.21. The number of benzene rings is 3. The van der Waals surface area contributed by atoms with Gasteiger partial charge in [-0.3, -0.25) is 9.59 Å². The molecule has 2 amide bonds. The van der Waals surface area contributed by atoms with E-state index in [9.17, 15) is 9.59 Å². The van der Waals surface area contributed by atoms with Crippen molar-refractivity contribution in [2.24, 2.45) is 0 Å². The molecule has 1 saturated heterocycles. The van der Waals surface area contributed by atoms with Gasteiger partial charge in [0.2, 0.25) is 0 Å². The molecule has 0 saturated carbocycles.